The van der Waals surface area contributed by atoms with Crippen LogP contribution in [-0.2, 0) is 24.3 Å². The van der Waals surface area contributed by atoms with Gasteiger partial charge in [-0.2, -0.15) is 0 Å². The van der Waals surface area contributed by atoms with Crippen LogP contribution < -0.4 is 0 Å². The van der Waals surface area contributed by atoms with E-state index in [0.29, 0.717) is 0 Å². The van der Waals surface area contributed by atoms with Crippen molar-refractivity contribution < 1.29 is 27.4 Å². The molecule has 0 bridgehead atoms. The lowest BCUT2D eigenvalue weighted by molar-refractivity contribution is 0.277. The number of aliphatic hydroxyl groups is 1. The number of methoxy groups -OCH3 is 1. The predicted octanol–water partition coefficient (Wildman–Crippen LogP) is 0.0502. The van der Waals surface area contributed by atoms with Crippen molar-refractivity contribution >= 4 is 31.3 Å². The van der Waals surface area contributed by atoms with E-state index in [1.54, 1.807) is 21.1 Å². The Bertz CT molecular complexity index is 285. The minimum Gasteiger partial charge on any atom is -0.397 e. The fourth-order valence-corrected chi connectivity index (χ4v) is 0. The standard InChI is InChI=1S/C3H9N.2C2H6O2S.2C2H6O/c1-4(2)3;2*1-5(2,3)4;1-3-2;1-2-3/h1-3H3;2*1H2,2H3,(H,3,4);1-2H3;3H,2H2,1H3. The molecule has 0 heterocycles. The molecule has 0 aromatic carbocycles. The quantitative estimate of drug-likeness (QED) is 0.535. The molecule has 0 fully saturated rings. The second-order valence-corrected chi connectivity index (χ2v) is 7.82. The first-order chi connectivity index (χ1) is 8.56. The van der Waals surface area contributed by atoms with Crippen molar-refractivity contribution in [1.82, 2.24) is 4.90 Å². The highest BCUT2D eigenvalue weighted by atomic mass is 32.2. The molecule has 0 aromatic heterocycles. The van der Waals surface area contributed by atoms with Gasteiger partial charge >= 0.3 is 0 Å². The first kappa shape index (κ1) is 32.0. The molecule has 0 saturated carbocycles. The third kappa shape index (κ3) is 198000. The van der Waals surface area contributed by atoms with Crippen molar-refractivity contribution in [3.05, 3.63) is 0 Å². The van der Waals surface area contributed by atoms with Gasteiger partial charge in [0.2, 0.25) is 0 Å². The van der Waals surface area contributed by atoms with E-state index >= 15 is 0 Å². The Morgan fingerprint density at radius 3 is 1.00 bits per heavy atom. The van der Waals surface area contributed by atoms with Gasteiger partial charge in [0.05, 0.1) is 19.6 Å². The Labute approximate surface area is 125 Å². The average molecular weight is 340 g/mol. The monoisotopic (exact) mass is 339 g/mol. The Balaban J connectivity index is -0.0000000478. The predicted molar refractivity (Wildman–Crippen MR) is 92.9 cm³/mol. The van der Waals surface area contributed by atoms with Gasteiger partial charge in [0.25, 0.3) is 0 Å². The minimum atomic E-state index is -2.67. The number of hydrogen-bond acceptors (Lipinski definition) is 5. The maximum Gasteiger partial charge on any atom is 0.0716 e. The molecule has 9 heteroatoms. The summed E-state index contributed by atoms with van der Waals surface area (Å²) in [7, 11) is 3.92. The lowest BCUT2D eigenvalue weighted by atomic mass is 10.9. The van der Waals surface area contributed by atoms with Gasteiger partial charge in [0.15, 0.2) is 0 Å². The first-order valence-electron chi connectivity index (χ1n) is 5.27. The van der Waals surface area contributed by atoms with E-state index < -0.39 is 19.6 Å². The van der Waals surface area contributed by atoms with Gasteiger partial charge in [0, 0.05) is 33.3 Å². The summed E-state index contributed by atoms with van der Waals surface area (Å²) in [5.74, 6) is 5.71. The molecular weight excluding hydrogens is 306 g/mol. The summed E-state index contributed by atoms with van der Waals surface area (Å²) in [5, 5.41) is 7.57. The van der Waals surface area contributed by atoms with Gasteiger partial charge < -0.3 is 23.8 Å². The van der Waals surface area contributed by atoms with Crippen molar-refractivity contribution in [1.29, 1.82) is 0 Å². The Hall–Kier alpha value is -0.160. The van der Waals surface area contributed by atoms with Crippen LogP contribution in [0.15, 0.2) is 0 Å². The van der Waals surface area contributed by atoms with Crippen LogP contribution in [0.5, 0.6) is 0 Å². The van der Waals surface area contributed by atoms with E-state index in [1.807, 2.05) is 26.0 Å². The van der Waals surface area contributed by atoms with Crippen LogP contribution in [0.4, 0.5) is 0 Å². The number of aliphatic hydroxyl groups excluding tert-OH is 1. The maximum absolute atomic E-state index is 9.63. The third-order valence-corrected chi connectivity index (χ3v) is 0. The average Bonchev–Trinajstić information content (AvgIpc) is 1.96. The molecule has 3 N–H and O–H groups in total. The number of hydrogen-bond donors (Lipinski definition) is 3. The summed E-state index contributed by atoms with van der Waals surface area (Å²) in [4.78, 5) is 2.00. The lowest BCUT2D eigenvalue weighted by Crippen LogP contribution is -1.99. The van der Waals surface area contributed by atoms with Gasteiger partial charge in [0.1, 0.15) is 0 Å². The Kier molecular flexibility index (Phi) is 33.8. The summed E-state index contributed by atoms with van der Waals surface area (Å²) in [6.45, 7) is 1.93. The molecule has 0 radical (unpaired) electrons. The van der Waals surface area contributed by atoms with Crippen molar-refractivity contribution in [2.24, 2.45) is 0 Å². The van der Waals surface area contributed by atoms with E-state index in [4.69, 9.17) is 14.2 Å². The summed E-state index contributed by atoms with van der Waals surface area (Å²) in [6, 6.07) is 0. The van der Waals surface area contributed by atoms with E-state index in [9.17, 15) is 8.42 Å². The van der Waals surface area contributed by atoms with Gasteiger partial charge in [-0.3, -0.25) is 0 Å². The van der Waals surface area contributed by atoms with E-state index in [1.165, 1.54) is 0 Å². The Morgan fingerprint density at radius 2 is 1.00 bits per heavy atom. The lowest BCUT2D eigenvalue weighted by Gasteiger charge is -1.90. The van der Waals surface area contributed by atoms with Crippen molar-refractivity contribution in [2.45, 2.75) is 6.92 Å². The molecule has 20 heavy (non-hydrogen) atoms. The molecule has 0 aliphatic rings. The first-order valence-corrected chi connectivity index (χ1v) is 9.46. The van der Waals surface area contributed by atoms with Crippen LogP contribution in [0.25, 0.3) is 0 Å². The molecule has 0 rings (SSSR count). The molecule has 0 aromatic rings. The smallest absolute Gasteiger partial charge is 0.0716 e. The zero-order chi connectivity index (χ0) is 18.0. The number of nitrogens with zero attached hydrogens (tertiary/aromatic N) is 1. The molecule has 0 aliphatic carbocycles. The fourth-order valence-electron chi connectivity index (χ4n) is 0. The van der Waals surface area contributed by atoms with Gasteiger partial charge in [-0.05, 0) is 39.8 Å². The van der Waals surface area contributed by atoms with Crippen molar-refractivity contribution in [3.8, 4) is 0 Å². The number of rotatable bonds is 0. The zero-order valence-corrected chi connectivity index (χ0v) is 15.6. The second kappa shape index (κ2) is 21.1. The highest BCUT2D eigenvalue weighted by Crippen LogP contribution is 1.61. The van der Waals surface area contributed by atoms with Crippen LogP contribution in [0.1, 0.15) is 6.92 Å². The minimum absolute atomic E-state index is 0.250. The highest BCUT2D eigenvalue weighted by Gasteiger charge is 1.71. The van der Waals surface area contributed by atoms with E-state index in [-0.39, 0.29) is 6.61 Å². The molecule has 0 amide bonds. The molecule has 0 aliphatic heterocycles. The van der Waals surface area contributed by atoms with Crippen LogP contribution in [0.3, 0.4) is 0 Å². The maximum atomic E-state index is 9.63. The van der Waals surface area contributed by atoms with Crippen LogP contribution in [0.2, 0.25) is 0 Å². The number of ether oxygens (including phenoxy) is 1. The topological polar surface area (TPSA) is 107 Å². The molecule has 2 unspecified atom stereocenters. The SMILES string of the molecule is C=S(C)(=O)O.C=S(C)(=O)O.CCO.CN(C)C.COC. The summed E-state index contributed by atoms with van der Waals surface area (Å²) < 4.78 is 39.4. The zero-order valence-electron chi connectivity index (χ0n) is 14.0. The largest absolute Gasteiger partial charge is 0.397 e. The molecule has 130 valence electrons. The normalized spacial score (nSPS) is 14.2. The summed E-state index contributed by atoms with van der Waals surface area (Å²) >= 11 is 0. The van der Waals surface area contributed by atoms with E-state index in [2.05, 4.69) is 16.5 Å². The second-order valence-electron chi connectivity index (χ2n) is 3.98. The molecule has 0 spiro atoms. The Morgan fingerprint density at radius 1 is 1.00 bits per heavy atom. The third-order valence-electron chi connectivity index (χ3n) is 0. The summed E-state index contributed by atoms with van der Waals surface area (Å²) in [6.07, 6.45) is 2.32. The van der Waals surface area contributed by atoms with Gasteiger partial charge in [-0.15, -0.1) is 0 Å². The van der Waals surface area contributed by atoms with Crippen LogP contribution in [0, 0.1) is 0 Å². The van der Waals surface area contributed by atoms with Gasteiger partial charge in [-0.25, -0.2) is 8.42 Å². The highest BCUT2D eigenvalue weighted by molar-refractivity contribution is 7.94. The molecular formula is C11H33NO6S2. The van der Waals surface area contributed by atoms with Crippen molar-refractivity contribution in [2.75, 3.05) is 54.5 Å². The van der Waals surface area contributed by atoms with E-state index in [0.717, 1.165) is 12.5 Å². The molecule has 7 nitrogen and oxygen atoms in total. The van der Waals surface area contributed by atoms with Gasteiger partial charge in [-0.1, -0.05) is 0 Å². The summed E-state index contributed by atoms with van der Waals surface area (Å²) in [5.41, 5.74) is 0. The molecule has 2 atom stereocenters. The van der Waals surface area contributed by atoms with Crippen molar-refractivity contribution in [3.63, 3.8) is 0 Å². The van der Waals surface area contributed by atoms with Crippen LogP contribution >= 0.6 is 0 Å². The molecule has 0 saturated heterocycles. The fraction of sp³-hybridized carbons (Fsp3) is 0.818. The van der Waals surface area contributed by atoms with Crippen LogP contribution in [-0.4, -0.2) is 93.8 Å².